The van der Waals surface area contributed by atoms with Gasteiger partial charge in [-0.15, -0.1) is 0 Å². The summed E-state index contributed by atoms with van der Waals surface area (Å²) < 4.78 is 2.03. The van der Waals surface area contributed by atoms with Gasteiger partial charge in [0.15, 0.2) is 0 Å². The number of nitrogens with zero attached hydrogens (tertiary/aromatic N) is 2. The maximum Gasteiger partial charge on any atom is 0.0665 e. The molecule has 1 saturated heterocycles. The summed E-state index contributed by atoms with van der Waals surface area (Å²) in [7, 11) is 0. The number of hydrogen-bond acceptors (Lipinski definition) is 2. The zero-order valence-corrected chi connectivity index (χ0v) is 7.98. The predicted molar refractivity (Wildman–Crippen MR) is 55.2 cm³/mol. The Hall–Kier alpha value is -1.35. The number of nitrogens with one attached hydrogen (secondary N) is 1. The van der Waals surface area contributed by atoms with Crippen molar-refractivity contribution in [2.24, 2.45) is 0 Å². The Labute approximate surface area is 82.7 Å². The second-order valence-corrected chi connectivity index (χ2v) is 3.77. The van der Waals surface area contributed by atoms with E-state index in [0.717, 1.165) is 6.54 Å². The Morgan fingerprint density at radius 3 is 3.21 bits per heavy atom. The third-order valence-electron chi connectivity index (χ3n) is 2.87. The van der Waals surface area contributed by atoms with Gasteiger partial charge in [0, 0.05) is 12.2 Å². The third kappa shape index (κ3) is 1.13. The van der Waals surface area contributed by atoms with Crippen LogP contribution in [0.15, 0.2) is 30.5 Å². The van der Waals surface area contributed by atoms with Crippen molar-refractivity contribution < 1.29 is 0 Å². The fourth-order valence-electron chi connectivity index (χ4n) is 2.17. The molecule has 0 radical (unpaired) electrons. The molecule has 1 aliphatic heterocycles. The zero-order valence-electron chi connectivity index (χ0n) is 7.98. The lowest BCUT2D eigenvalue weighted by Crippen LogP contribution is -2.16. The van der Waals surface area contributed by atoms with Gasteiger partial charge in [0.05, 0.1) is 11.2 Å². The van der Waals surface area contributed by atoms with E-state index in [2.05, 4.69) is 28.6 Å². The van der Waals surface area contributed by atoms with Crippen molar-refractivity contribution in [1.82, 2.24) is 14.9 Å². The van der Waals surface area contributed by atoms with Crippen LogP contribution in [0.2, 0.25) is 0 Å². The highest BCUT2D eigenvalue weighted by atomic mass is 15.2. The fourth-order valence-corrected chi connectivity index (χ4v) is 2.17. The Bertz CT molecular complexity index is 440. The van der Waals surface area contributed by atoms with Crippen molar-refractivity contribution in [2.75, 3.05) is 6.54 Å². The van der Waals surface area contributed by atoms with E-state index in [-0.39, 0.29) is 0 Å². The van der Waals surface area contributed by atoms with E-state index in [4.69, 9.17) is 0 Å². The highest BCUT2D eigenvalue weighted by Gasteiger charge is 2.18. The van der Waals surface area contributed by atoms with Gasteiger partial charge in [-0.2, -0.15) is 5.10 Å². The van der Waals surface area contributed by atoms with Crippen molar-refractivity contribution in [1.29, 1.82) is 0 Å². The van der Waals surface area contributed by atoms with Crippen LogP contribution in [0.3, 0.4) is 0 Å². The molecule has 3 rings (SSSR count). The molecule has 0 saturated carbocycles. The van der Waals surface area contributed by atoms with Gasteiger partial charge in [-0.1, -0.05) is 6.07 Å². The smallest absolute Gasteiger partial charge is 0.0665 e. The first-order valence-electron chi connectivity index (χ1n) is 5.11. The van der Waals surface area contributed by atoms with Crippen molar-refractivity contribution >= 4 is 5.52 Å². The van der Waals surface area contributed by atoms with Gasteiger partial charge in [0.25, 0.3) is 0 Å². The summed E-state index contributed by atoms with van der Waals surface area (Å²) >= 11 is 0. The molecule has 1 N–H and O–H groups in total. The zero-order chi connectivity index (χ0) is 9.38. The van der Waals surface area contributed by atoms with Gasteiger partial charge in [-0.25, -0.2) is 4.52 Å². The summed E-state index contributed by atoms with van der Waals surface area (Å²) in [6, 6.07) is 8.87. The number of rotatable bonds is 1. The summed E-state index contributed by atoms with van der Waals surface area (Å²) in [6.45, 7) is 1.13. The number of hydrogen-bond donors (Lipinski definition) is 1. The number of aromatic nitrogens is 2. The minimum absolute atomic E-state index is 0.485. The van der Waals surface area contributed by atoms with Crippen molar-refractivity contribution in [3.8, 4) is 0 Å². The van der Waals surface area contributed by atoms with Crippen LogP contribution in [0.1, 0.15) is 24.6 Å². The second-order valence-electron chi connectivity index (χ2n) is 3.77. The molecular weight excluding hydrogens is 174 g/mol. The van der Waals surface area contributed by atoms with Crippen LogP contribution in [0.25, 0.3) is 5.52 Å². The maximum atomic E-state index is 4.34. The minimum atomic E-state index is 0.485. The van der Waals surface area contributed by atoms with Crippen LogP contribution in [0.5, 0.6) is 0 Å². The molecule has 0 spiro atoms. The summed E-state index contributed by atoms with van der Waals surface area (Å²) in [5.74, 6) is 0. The molecule has 14 heavy (non-hydrogen) atoms. The molecule has 1 unspecified atom stereocenters. The lowest BCUT2D eigenvalue weighted by Gasteiger charge is -2.11. The largest absolute Gasteiger partial charge is 0.309 e. The molecule has 72 valence electrons. The van der Waals surface area contributed by atoms with Gasteiger partial charge in [-0.3, -0.25) is 0 Å². The van der Waals surface area contributed by atoms with Gasteiger partial charge in [-0.05, 0) is 37.6 Å². The lowest BCUT2D eigenvalue weighted by molar-refractivity contribution is 0.606. The highest BCUT2D eigenvalue weighted by molar-refractivity contribution is 5.46. The monoisotopic (exact) mass is 187 g/mol. The van der Waals surface area contributed by atoms with Gasteiger partial charge in [0.1, 0.15) is 0 Å². The van der Waals surface area contributed by atoms with Gasteiger partial charge >= 0.3 is 0 Å². The molecule has 0 amide bonds. The van der Waals surface area contributed by atoms with E-state index in [1.165, 1.54) is 24.1 Å². The molecule has 0 bridgehead atoms. The first-order chi connectivity index (χ1) is 6.95. The standard InChI is InChI=1S/C11H13N3/c1-3-9-6-8-13-14(9)11(5-1)10-4-2-7-12-10/h1,3,5-6,8,10,12H,2,4,7H2. The van der Waals surface area contributed by atoms with Crippen molar-refractivity contribution in [2.45, 2.75) is 18.9 Å². The molecule has 2 aromatic heterocycles. The first kappa shape index (κ1) is 8.00. The van der Waals surface area contributed by atoms with E-state index >= 15 is 0 Å². The molecule has 3 heterocycles. The maximum absolute atomic E-state index is 4.34. The fraction of sp³-hybridized carbons (Fsp3) is 0.364. The van der Waals surface area contributed by atoms with Crippen LogP contribution in [0.4, 0.5) is 0 Å². The van der Waals surface area contributed by atoms with Crippen LogP contribution < -0.4 is 5.32 Å². The van der Waals surface area contributed by atoms with Crippen molar-refractivity contribution in [3.63, 3.8) is 0 Å². The highest BCUT2D eigenvalue weighted by Crippen LogP contribution is 2.23. The Morgan fingerprint density at radius 2 is 2.36 bits per heavy atom. The number of fused-ring (bicyclic) bond motifs is 1. The molecule has 1 fully saturated rings. The van der Waals surface area contributed by atoms with Gasteiger partial charge < -0.3 is 5.32 Å². The van der Waals surface area contributed by atoms with Crippen LogP contribution in [-0.4, -0.2) is 16.2 Å². The summed E-state index contributed by atoms with van der Waals surface area (Å²) in [4.78, 5) is 0. The van der Waals surface area contributed by atoms with Crippen molar-refractivity contribution in [3.05, 3.63) is 36.2 Å². The summed E-state index contributed by atoms with van der Waals surface area (Å²) in [6.07, 6.45) is 4.34. The Balaban J connectivity index is 2.14. The molecule has 0 aromatic carbocycles. The molecular formula is C11H13N3. The molecule has 2 aromatic rings. The lowest BCUT2D eigenvalue weighted by atomic mass is 10.1. The number of pyridine rings is 1. The Kier molecular flexibility index (Phi) is 1.77. The van der Waals surface area contributed by atoms with E-state index in [1.807, 2.05) is 16.8 Å². The van der Waals surface area contributed by atoms with E-state index in [1.54, 1.807) is 0 Å². The van der Waals surface area contributed by atoms with Crippen LogP contribution in [-0.2, 0) is 0 Å². The topological polar surface area (TPSA) is 29.3 Å². The second kappa shape index (κ2) is 3.10. The minimum Gasteiger partial charge on any atom is -0.309 e. The average Bonchev–Trinajstić information content (AvgIpc) is 2.88. The normalized spacial score (nSPS) is 21.9. The molecule has 1 aliphatic rings. The quantitative estimate of drug-likeness (QED) is 0.737. The molecule has 3 nitrogen and oxygen atoms in total. The molecule has 3 heteroatoms. The van der Waals surface area contributed by atoms with E-state index in [9.17, 15) is 0 Å². The van der Waals surface area contributed by atoms with Gasteiger partial charge in [0.2, 0.25) is 0 Å². The van der Waals surface area contributed by atoms with E-state index in [0.29, 0.717) is 6.04 Å². The van der Waals surface area contributed by atoms with E-state index < -0.39 is 0 Å². The SMILES string of the molecule is c1cc(C2CCCN2)n2nccc2c1. The first-order valence-corrected chi connectivity index (χ1v) is 5.11. The van der Waals surface area contributed by atoms with Crippen LogP contribution in [0, 0.1) is 0 Å². The Morgan fingerprint density at radius 1 is 1.36 bits per heavy atom. The van der Waals surface area contributed by atoms with Crippen LogP contribution >= 0.6 is 0 Å². The molecule has 0 aliphatic carbocycles. The summed E-state index contributed by atoms with van der Waals surface area (Å²) in [5, 5.41) is 7.83. The average molecular weight is 187 g/mol. The summed E-state index contributed by atoms with van der Waals surface area (Å²) in [5.41, 5.74) is 2.46. The predicted octanol–water partition coefficient (Wildman–Crippen LogP) is 1.76. The molecule has 1 atom stereocenters. The third-order valence-corrected chi connectivity index (χ3v) is 2.87.